The third-order valence-corrected chi connectivity index (χ3v) is 6.37. The van der Waals surface area contributed by atoms with Gasteiger partial charge in [0.2, 0.25) is 0 Å². The summed E-state index contributed by atoms with van der Waals surface area (Å²) in [6.45, 7) is 11.2. The number of phenolic OH excluding ortho intramolecular Hbond substituents is 1. The predicted octanol–water partition coefficient (Wildman–Crippen LogP) is 4.43. The summed E-state index contributed by atoms with van der Waals surface area (Å²) in [4.78, 5) is 12.0. The Bertz CT molecular complexity index is 729. The van der Waals surface area contributed by atoms with Gasteiger partial charge in [-0.3, -0.25) is 0 Å². The van der Waals surface area contributed by atoms with Gasteiger partial charge in [0.15, 0.2) is 0 Å². The summed E-state index contributed by atoms with van der Waals surface area (Å²) in [6.07, 6.45) is 1.70. The van der Waals surface area contributed by atoms with Crippen LogP contribution in [0.4, 0.5) is 4.79 Å². The van der Waals surface area contributed by atoms with Crippen LogP contribution in [0.5, 0.6) is 5.75 Å². The van der Waals surface area contributed by atoms with Crippen LogP contribution < -0.4 is 5.32 Å². The van der Waals surface area contributed by atoms with E-state index in [1.54, 1.807) is 6.07 Å². The van der Waals surface area contributed by atoms with Crippen molar-refractivity contribution in [2.24, 2.45) is 23.2 Å². The zero-order valence-corrected chi connectivity index (χ0v) is 16.9. The molecule has 2 bridgehead atoms. The molecule has 1 amide bonds. The van der Waals surface area contributed by atoms with E-state index in [0.717, 1.165) is 5.56 Å². The van der Waals surface area contributed by atoms with Crippen LogP contribution in [0.2, 0.25) is 0 Å². The quantitative estimate of drug-likeness (QED) is 0.766. The minimum Gasteiger partial charge on any atom is -0.508 e. The van der Waals surface area contributed by atoms with Gasteiger partial charge in [-0.25, -0.2) is 4.79 Å². The molecular formula is C22H31NO4. The lowest BCUT2D eigenvalue weighted by Gasteiger charge is -2.55. The molecule has 5 atom stereocenters. The summed E-state index contributed by atoms with van der Waals surface area (Å²) in [6, 6.07) is 7.42. The van der Waals surface area contributed by atoms with Crippen LogP contribution in [0, 0.1) is 23.2 Å². The van der Waals surface area contributed by atoms with E-state index in [9.17, 15) is 9.90 Å². The molecule has 0 radical (unpaired) electrons. The number of nitrogens with one attached hydrogen (secondary N) is 1. The molecule has 1 heterocycles. The summed E-state index contributed by atoms with van der Waals surface area (Å²) >= 11 is 0. The van der Waals surface area contributed by atoms with Crippen LogP contribution in [0.3, 0.4) is 0 Å². The molecule has 2 aliphatic rings. The second-order valence-electron chi connectivity index (χ2n) is 8.41. The number of hydrogen-bond acceptors (Lipinski definition) is 4. The average molecular weight is 373 g/mol. The number of alkyl carbamates (subject to hydrolysis) is 1. The number of phenols is 1. The van der Waals surface area contributed by atoms with Crippen LogP contribution in [0.15, 0.2) is 35.9 Å². The highest BCUT2D eigenvalue weighted by Gasteiger charge is 2.54. The van der Waals surface area contributed by atoms with E-state index in [0.29, 0.717) is 13.2 Å². The molecule has 148 valence electrons. The first kappa shape index (κ1) is 19.7. The molecule has 1 aliphatic carbocycles. The number of fused-ring (bicyclic) bond motifs is 2. The molecule has 0 aromatic heterocycles. The van der Waals surface area contributed by atoms with Gasteiger partial charge in [-0.05, 0) is 38.7 Å². The van der Waals surface area contributed by atoms with Gasteiger partial charge in [-0.1, -0.05) is 43.7 Å². The molecule has 5 nitrogen and oxygen atoms in total. The third kappa shape index (κ3) is 3.57. The second kappa shape index (κ2) is 7.55. The van der Waals surface area contributed by atoms with E-state index >= 15 is 0 Å². The van der Waals surface area contributed by atoms with Gasteiger partial charge in [0.1, 0.15) is 12.4 Å². The number of allylic oxidation sites excluding steroid dienone is 1. The van der Waals surface area contributed by atoms with Gasteiger partial charge < -0.3 is 19.9 Å². The Kier molecular flexibility index (Phi) is 5.52. The number of benzene rings is 1. The largest absolute Gasteiger partial charge is 0.508 e. The van der Waals surface area contributed by atoms with E-state index in [-0.39, 0.29) is 47.2 Å². The van der Waals surface area contributed by atoms with E-state index in [1.165, 1.54) is 5.57 Å². The highest BCUT2D eigenvalue weighted by molar-refractivity contribution is 5.67. The first-order valence-corrected chi connectivity index (χ1v) is 9.77. The lowest BCUT2D eigenvalue weighted by atomic mass is 9.56. The Morgan fingerprint density at radius 2 is 2.07 bits per heavy atom. The zero-order chi connectivity index (χ0) is 19.8. The maximum Gasteiger partial charge on any atom is 0.407 e. The number of carbonyl (C=O) groups is 1. The van der Waals surface area contributed by atoms with Crippen molar-refractivity contribution in [2.75, 3.05) is 13.2 Å². The molecule has 2 N–H and O–H groups in total. The predicted molar refractivity (Wildman–Crippen MR) is 104 cm³/mol. The minimum atomic E-state index is -0.385. The van der Waals surface area contributed by atoms with Crippen molar-refractivity contribution >= 4 is 6.09 Å². The molecule has 0 saturated carbocycles. The lowest BCUT2D eigenvalue weighted by Crippen LogP contribution is -2.55. The standard InChI is InChI=1S/C22H31NO4/c1-13(2)23-21(25)27-12-22-11-26-20(17-8-6-7-9-18(17)24)19(16(22)5)14(3)10-15(22)4/h6-10,13,15-16,19-20,24H,11-12H2,1-5H3,(H,23,25)/t15?,16-,19?,20?,22-/m0/s1. The monoisotopic (exact) mass is 373 g/mol. The summed E-state index contributed by atoms with van der Waals surface area (Å²) < 4.78 is 11.9. The fourth-order valence-corrected chi connectivity index (χ4v) is 4.74. The fraction of sp³-hybridized carbons (Fsp3) is 0.591. The maximum atomic E-state index is 12.0. The lowest BCUT2D eigenvalue weighted by molar-refractivity contribution is -0.166. The SMILES string of the molecule is CC1=CC(C)[C@@]2(COC(=O)NC(C)C)COC(c3ccccc3O)C1[C@@H]2C. The van der Waals surface area contributed by atoms with E-state index in [4.69, 9.17) is 9.47 Å². The third-order valence-electron chi connectivity index (χ3n) is 6.37. The van der Waals surface area contributed by atoms with Crippen molar-refractivity contribution in [2.45, 2.75) is 46.8 Å². The molecule has 1 aromatic rings. The number of carbonyl (C=O) groups excluding carboxylic acids is 1. The Hall–Kier alpha value is -2.01. The first-order chi connectivity index (χ1) is 12.8. The van der Waals surface area contributed by atoms with Crippen molar-refractivity contribution in [1.82, 2.24) is 5.32 Å². The van der Waals surface area contributed by atoms with Gasteiger partial charge in [0, 0.05) is 22.9 Å². The number of amides is 1. The number of para-hydroxylation sites is 1. The van der Waals surface area contributed by atoms with E-state index in [1.807, 2.05) is 32.0 Å². The topological polar surface area (TPSA) is 67.8 Å². The highest BCUT2D eigenvalue weighted by atomic mass is 16.6. The Morgan fingerprint density at radius 1 is 1.37 bits per heavy atom. The van der Waals surface area contributed by atoms with Gasteiger partial charge >= 0.3 is 6.09 Å². The molecule has 5 heteroatoms. The van der Waals surface area contributed by atoms with Crippen LogP contribution in [-0.4, -0.2) is 30.5 Å². The van der Waals surface area contributed by atoms with Gasteiger partial charge in [0.05, 0.1) is 12.7 Å². The summed E-state index contributed by atoms with van der Waals surface area (Å²) in [5.74, 6) is 0.893. The van der Waals surface area contributed by atoms with Crippen molar-refractivity contribution in [3.8, 4) is 5.75 Å². The molecule has 0 spiro atoms. The fourth-order valence-electron chi connectivity index (χ4n) is 4.74. The molecular weight excluding hydrogens is 342 g/mol. The van der Waals surface area contributed by atoms with Crippen molar-refractivity contribution in [3.05, 3.63) is 41.5 Å². The van der Waals surface area contributed by atoms with Crippen LogP contribution >= 0.6 is 0 Å². The summed E-state index contributed by atoms with van der Waals surface area (Å²) in [5.41, 5.74) is 1.83. The Balaban J connectivity index is 1.87. The molecule has 1 aliphatic heterocycles. The minimum absolute atomic E-state index is 0.0409. The van der Waals surface area contributed by atoms with Crippen LogP contribution in [-0.2, 0) is 9.47 Å². The van der Waals surface area contributed by atoms with Crippen molar-refractivity contribution in [3.63, 3.8) is 0 Å². The molecule has 1 fully saturated rings. The number of aromatic hydroxyl groups is 1. The Morgan fingerprint density at radius 3 is 2.74 bits per heavy atom. The summed E-state index contributed by atoms with van der Waals surface area (Å²) in [5, 5.41) is 13.1. The second-order valence-corrected chi connectivity index (χ2v) is 8.41. The van der Waals surface area contributed by atoms with Crippen LogP contribution in [0.25, 0.3) is 0 Å². The van der Waals surface area contributed by atoms with Gasteiger partial charge in [-0.2, -0.15) is 0 Å². The summed E-state index contributed by atoms with van der Waals surface area (Å²) in [7, 11) is 0. The van der Waals surface area contributed by atoms with Gasteiger partial charge in [-0.15, -0.1) is 0 Å². The number of hydrogen-bond donors (Lipinski definition) is 2. The molecule has 3 rings (SSSR count). The van der Waals surface area contributed by atoms with Crippen LogP contribution in [0.1, 0.15) is 46.3 Å². The van der Waals surface area contributed by atoms with Gasteiger partial charge in [0.25, 0.3) is 0 Å². The van der Waals surface area contributed by atoms with Crippen molar-refractivity contribution < 1.29 is 19.4 Å². The van der Waals surface area contributed by atoms with Crippen molar-refractivity contribution in [1.29, 1.82) is 0 Å². The molecule has 1 aromatic carbocycles. The molecule has 27 heavy (non-hydrogen) atoms. The first-order valence-electron chi connectivity index (χ1n) is 9.77. The average Bonchev–Trinajstić information content (AvgIpc) is 2.59. The highest BCUT2D eigenvalue weighted by Crippen LogP contribution is 2.57. The number of rotatable bonds is 4. The smallest absolute Gasteiger partial charge is 0.407 e. The molecule has 1 saturated heterocycles. The molecule has 3 unspecified atom stereocenters. The van der Waals surface area contributed by atoms with E-state index < -0.39 is 0 Å². The normalized spacial score (nSPS) is 32.7. The maximum absolute atomic E-state index is 12.0. The van der Waals surface area contributed by atoms with E-state index in [2.05, 4.69) is 32.2 Å². The Labute approximate surface area is 161 Å². The zero-order valence-electron chi connectivity index (χ0n) is 16.9. The number of ether oxygens (including phenoxy) is 2.